The maximum Gasteiger partial charge on any atom is 0.430 e. The number of hydrogen-bond acceptors (Lipinski definition) is 3. The molecule has 11 heteroatoms. The molecule has 1 heterocycles. The van der Waals surface area contributed by atoms with Crippen molar-refractivity contribution in [2.75, 3.05) is 7.05 Å². The molecule has 0 aliphatic rings. The fraction of sp³-hybridized carbons (Fsp3) is 0.304. The van der Waals surface area contributed by atoms with Crippen molar-refractivity contribution in [1.29, 1.82) is 0 Å². The quantitative estimate of drug-likeness (QED) is 0.521. The minimum atomic E-state index is -5.98. The van der Waals surface area contributed by atoms with Crippen LogP contribution in [-0.4, -0.2) is 35.0 Å². The van der Waals surface area contributed by atoms with E-state index in [-0.39, 0.29) is 18.0 Å². The number of carbonyl (C=O) groups excluding carboxylic acids is 1. The van der Waals surface area contributed by atoms with Gasteiger partial charge in [0.1, 0.15) is 0 Å². The Bertz CT molecular complexity index is 1200. The molecular formula is C23H22F6N2O3. The molecule has 0 bridgehead atoms. The lowest BCUT2D eigenvalue weighted by Crippen LogP contribution is -2.53. The van der Waals surface area contributed by atoms with Crippen LogP contribution < -0.4 is 10.9 Å². The van der Waals surface area contributed by atoms with E-state index < -0.39 is 29.1 Å². The van der Waals surface area contributed by atoms with Crippen molar-refractivity contribution >= 4 is 16.8 Å². The molecule has 0 spiro atoms. The van der Waals surface area contributed by atoms with Crippen LogP contribution >= 0.6 is 0 Å². The van der Waals surface area contributed by atoms with Gasteiger partial charge in [-0.3, -0.25) is 9.59 Å². The zero-order valence-corrected chi connectivity index (χ0v) is 18.4. The van der Waals surface area contributed by atoms with E-state index in [1.54, 1.807) is 6.07 Å². The minimum absolute atomic E-state index is 0.160. The van der Waals surface area contributed by atoms with Crippen molar-refractivity contribution in [3.05, 3.63) is 81.6 Å². The highest BCUT2D eigenvalue weighted by molar-refractivity contribution is 5.97. The first kappa shape index (κ1) is 26.9. The van der Waals surface area contributed by atoms with E-state index in [9.17, 15) is 41.0 Å². The number of halogens is 6. The summed E-state index contributed by atoms with van der Waals surface area (Å²) in [6.45, 7) is 3.84. The number of rotatable bonds is 4. The predicted molar refractivity (Wildman–Crippen MR) is 114 cm³/mol. The van der Waals surface area contributed by atoms with Gasteiger partial charge in [0.05, 0.1) is 12.1 Å². The number of aromatic nitrogens is 1. The molecule has 34 heavy (non-hydrogen) atoms. The summed E-state index contributed by atoms with van der Waals surface area (Å²) in [5.41, 5.74) is -5.89. The van der Waals surface area contributed by atoms with Gasteiger partial charge in [0.25, 0.3) is 17.1 Å². The Morgan fingerprint density at radius 2 is 1.47 bits per heavy atom. The molecule has 0 saturated heterocycles. The normalized spacial score (nSPS) is 12.2. The summed E-state index contributed by atoms with van der Waals surface area (Å²) in [5, 5.41) is 12.5. The molecule has 1 aromatic heterocycles. The number of hydrogen-bond donors (Lipinski definition) is 2. The topological polar surface area (TPSA) is 71.3 Å². The zero-order valence-electron chi connectivity index (χ0n) is 18.4. The van der Waals surface area contributed by atoms with E-state index in [0.717, 1.165) is 12.1 Å². The highest BCUT2D eigenvalue weighted by Gasteiger charge is 2.71. The van der Waals surface area contributed by atoms with Crippen molar-refractivity contribution in [2.45, 2.75) is 38.3 Å². The van der Waals surface area contributed by atoms with E-state index in [1.165, 1.54) is 35.9 Å². The van der Waals surface area contributed by atoms with Gasteiger partial charge in [0, 0.05) is 24.2 Å². The van der Waals surface area contributed by atoms with E-state index in [1.807, 2.05) is 13.8 Å². The Balaban J connectivity index is 0.00000199. The van der Waals surface area contributed by atoms with Crippen LogP contribution in [0.4, 0.5) is 26.3 Å². The first-order valence-electron chi connectivity index (χ1n) is 10.1. The van der Waals surface area contributed by atoms with Gasteiger partial charge in [-0.15, -0.1) is 0 Å². The fourth-order valence-corrected chi connectivity index (χ4v) is 3.27. The number of benzene rings is 2. The number of fused-ring (bicyclic) bond motifs is 1. The molecule has 0 fully saturated rings. The number of aliphatic hydroxyl groups is 1. The summed E-state index contributed by atoms with van der Waals surface area (Å²) in [4.78, 5) is 24.1. The SMILES string of the molecule is CC.CNC(=O)c1ccc2c(ccc(=O)n2Cc2ccc(C(O)(C(F)(F)F)C(F)(F)F)cc2)c1. The van der Waals surface area contributed by atoms with Gasteiger partial charge in [-0.05, 0) is 35.2 Å². The lowest BCUT2D eigenvalue weighted by Gasteiger charge is -2.32. The molecule has 5 nitrogen and oxygen atoms in total. The first-order valence-corrected chi connectivity index (χ1v) is 10.1. The average molecular weight is 488 g/mol. The molecule has 0 radical (unpaired) electrons. The lowest BCUT2D eigenvalue weighted by atomic mass is 9.91. The second kappa shape index (κ2) is 9.88. The second-order valence-corrected chi connectivity index (χ2v) is 7.01. The smallest absolute Gasteiger partial charge is 0.369 e. The summed E-state index contributed by atoms with van der Waals surface area (Å²) in [6.07, 6.45) is -12.0. The van der Waals surface area contributed by atoms with Crippen LogP contribution in [0.1, 0.15) is 35.3 Å². The lowest BCUT2D eigenvalue weighted by molar-refractivity contribution is -0.376. The summed E-state index contributed by atoms with van der Waals surface area (Å²) in [6, 6.07) is 10.3. The third-order valence-corrected chi connectivity index (χ3v) is 5.01. The van der Waals surface area contributed by atoms with E-state index in [0.29, 0.717) is 28.6 Å². The van der Waals surface area contributed by atoms with Gasteiger partial charge in [0.2, 0.25) is 0 Å². The molecular weight excluding hydrogens is 466 g/mol. The van der Waals surface area contributed by atoms with E-state index >= 15 is 0 Å². The van der Waals surface area contributed by atoms with Gasteiger partial charge < -0.3 is 15.0 Å². The Morgan fingerprint density at radius 3 is 1.97 bits per heavy atom. The van der Waals surface area contributed by atoms with Gasteiger partial charge in [-0.25, -0.2) is 0 Å². The maximum absolute atomic E-state index is 13.0. The van der Waals surface area contributed by atoms with Gasteiger partial charge in [0.15, 0.2) is 0 Å². The maximum atomic E-state index is 13.0. The van der Waals surface area contributed by atoms with Crippen LogP contribution in [0.5, 0.6) is 0 Å². The van der Waals surface area contributed by atoms with Gasteiger partial charge >= 0.3 is 12.4 Å². The van der Waals surface area contributed by atoms with Crippen molar-refractivity contribution in [1.82, 2.24) is 9.88 Å². The summed E-state index contributed by atoms with van der Waals surface area (Å²) < 4.78 is 79.5. The van der Waals surface area contributed by atoms with Crippen molar-refractivity contribution in [3.8, 4) is 0 Å². The van der Waals surface area contributed by atoms with Crippen LogP contribution in [0, 0.1) is 0 Å². The van der Waals surface area contributed by atoms with Gasteiger partial charge in [-0.1, -0.05) is 38.1 Å². The molecule has 184 valence electrons. The van der Waals surface area contributed by atoms with Crippen LogP contribution in [0.25, 0.3) is 10.9 Å². The molecule has 0 saturated carbocycles. The van der Waals surface area contributed by atoms with Crippen molar-refractivity contribution < 1.29 is 36.2 Å². The number of amides is 1. The molecule has 0 atom stereocenters. The van der Waals surface area contributed by atoms with Crippen LogP contribution in [-0.2, 0) is 12.1 Å². The van der Waals surface area contributed by atoms with Crippen molar-refractivity contribution in [2.24, 2.45) is 0 Å². The molecule has 0 aliphatic heterocycles. The molecule has 0 aliphatic carbocycles. The fourth-order valence-electron chi connectivity index (χ4n) is 3.27. The summed E-state index contributed by atoms with van der Waals surface area (Å²) >= 11 is 0. The second-order valence-electron chi connectivity index (χ2n) is 7.01. The molecule has 3 aromatic rings. The highest BCUT2D eigenvalue weighted by Crippen LogP contribution is 2.49. The first-order chi connectivity index (χ1) is 15.8. The number of carbonyl (C=O) groups is 1. The minimum Gasteiger partial charge on any atom is -0.369 e. The standard InChI is InChI=1S/C21H16F6N2O3.C2H6/c1-28-18(31)14-4-8-16-13(10-14)5-9-17(30)29(16)11-12-2-6-15(7-3-12)19(32,20(22,23)24)21(25,26)27;1-2/h2-10,32H,11H2,1H3,(H,28,31);1-2H3. The molecule has 1 amide bonds. The zero-order chi connectivity index (χ0) is 25.9. The number of alkyl halides is 6. The van der Waals surface area contributed by atoms with Gasteiger partial charge in [-0.2, -0.15) is 26.3 Å². The van der Waals surface area contributed by atoms with E-state index in [2.05, 4.69) is 5.32 Å². The highest BCUT2D eigenvalue weighted by atomic mass is 19.4. The van der Waals surface area contributed by atoms with Crippen molar-refractivity contribution in [3.63, 3.8) is 0 Å². The number of pyridine rings is 1. The van der Waals surface area contributed by atoms with Crippen LogP contribution in [0.2, 0.25) is 0 Å². The molecule has 2 aromatic carbocycles. The van der Waals surface area contributed by atoms with E-state index in [4.69, 9.17) is 0 Å². The summed E-state index contributed by atoms with van der Waals surface area (Å²) in [7, 11) is 1.45. The Labute approximate surface area is 190 Å². The molecule has 3 rings (SSSR count). The monoisotopic (exact) mass is 488 g/mol. The molecule has 0 unspecified atom stereocenters. The number of nitrogens with one attached hydrogen (secondary N) is 1. The van der Waals surface area contributed by atoms with Crippen LogP contribution in [0.3, 0.4) is 0 Å². The Hall–Kier alpha value is -3.34. The Morgan fingerprint density at radius 1 is 0.912 bits per heavy atom. The number of nitrogens with zero attached hydrogens (tertiary/aromatic N) is 1. The average Bonchev–Trinajstić information content (AvgIpc) is 2.79. The largest absolute Gasteiger partial charge is 0.430 e. The third-order valence-electron chi connectivity index (χ3n) is 5.01. The Kier molecular flexibility index (Phi) is 7.82. The third kappa shape index (κ3) is 4.93. The van der Waals surface area contributed by atoms with Crippen LogP contribution in [0.15, 0.2) is 59.4 Å². The predicted octanol–water partition coefficient (Wildman–Crippen LogP) is 4.75. The summed E-state index contributed by atoms with van der Waals surface area (Å²) in [5.74, 6) is -0.345. The molecule has 2 N–H and O–H groups in total.